The van der Waals surface area contributed by atoms with Gasteiger partial charge in [0.1, 0.15) is 24.4 Å². The van der Waals surface area contributed by atoms with Crippen molar-refractivity contribution in [3.8, 4) is 0 Å². The normalized spacial score (nSPS) is 19.6. The highest BCUT2D eigenvalue weighted by molar-refractivity contribution is 5.80. The number of amides is 1. The quantitative estimate of drug-likeness (QED) is 0.0195. The molecule has 444 valence electrons. The summed E-state index contributed by atoms with van der Waals surface area (Å²) < 4.78 is 17.5. The summed E-state index contributed by atoms with van der Waals surface area (Å²) >= 11 is 0. The number of nitrogens with one attached hydrogen (secondary N) is 1. The van der Waals surface area contributed by atoms with Crippen LogP contribution in [0, 0.1) is 0 Å². The molecular weight excluding hydrogens is 967 g/mol. The first-order chi connectivity index (χ1) is 37.7. The van der Waals surface area contributed by atoms with Gasteiger partial charge in [-0.2, -0.15) is 0 Å². The van der Waals surface area contributed by atoms with Crippen molar-refractivity contribution >= 4 is 11.9 Å². The number of allylic oxidation sites excluding steroid dienone is 13. The summed E-state index contributed by atoms with van der Waals surface area (Å²) in [6.07, 6.45) is 59.2. The number of unbranched alkanes of at least 4 members (excludes halogenated alkanes) is 26. The number of ether oxygens (including phenoxy) is 3. The Labute approximate surface area is 470 Å². The molecule has 1 aliphatic heterocycles. The molecule has 0 radical (unpaired) electrons. The highest BCUT2D eigenvalue weighted by Crippen LogP contribution is 2.26. The van der Waals surface area contributed by atoms with Crippen LogP contribution in [-0.4, -0.2) is 99.6 Å². The van der Waals surface area contributed by atoms with Crippen molar-refractivity contribution < 1.29 is 49.3 Å². The van der Waals surface area contributed by atoms with E-state index in [9.17, 15) is 35.1 Å². The lowest BCUT2D eigenvalue weighted by molar-refractivity contribution is -0.305. The van der Waals surface area contributed by atoms with Gasteiger partial charge in [0.25, 0.3) is 0 Å². The van der Waals surface area contributed by atoms with Gasteiger partial charge in [-0.05, 0) is 89.9 Å². The topological polar surface area (TPSA) is 175 Å². The second kappa shape index (κ2) is 53.5. The molecule has 11 heteroatoms. The van der Waals surface area contributed by atoms with E-state index in [2.05, 4.69) is 86.8 Å². The van der Waals surface area contributed by atoms with Gasteiger partial charge in [0, 0.05) is 6.42 Å². The molecule has 6 N–H and O–H groups in total. The molecule has 1 saturated heterocycles. The molecule has 1 rings (SSSR count). The van der Waals surface area contributed by atoms with Crippen LogP contribution >= 0.6 is 0 Å². The molecule has 0 saturated carbocycles. The summed E-state index contributed by atoms with van der Waals surface area (Å²) in [4.78, 5) is 26.5. The van der Waals surface area contributed by atoms with Crippen molar-refractivity contribution in [3.05, 3.63) is 85.1 Å². The summed E-state index contributed by atoms with van der Waals surface area (Å²) in [5, 5.41) is 56.9. The minimum Gasteiger partial charge on any atom is -0.454 e. The van der Waals surface area contributed by atoms with Gasteiger partial charge in [0.2, 0.25) is 5.91 Å². The second-order valence-corrected chi connectivity index (χ2v) is 21.4. The molecule has 0 aliphatic carbocycles. The van der Waals surface area contributed by atoms with Crippen molar-refractivity contribution in [2.75, 3.05) is 13.2 Å². The third-order valence-electron chi connectivity index (χ3n) is 14.3. The first-order valence-electron chi connectivity index (χ1n) is 31.4. The molecule has 1 heterocycles. The molecule has 1 fully saturated rings. The number of carbonyl (C=O) groups is 2. The predicted molar refractivity (Wildman–Crippen MR) is 319 cm³/mol. The molecule has 0 aromatic rings. The van der Waals surface area contributed by atoms with E-state index < -0.39 is 67.4 Å². The van der Waals surface area contributed by atoms with Gasteiger partial charge < -0.3 is 45.1 Å². The number of carbonyl (C=O) groups excluding carboxylic acids is 2. The van der Waals surface area contributed by atoms with Crippen molar-refractivity contribution in [3.63, 3.8) is 0 Å². The summed E-state index contributed by atoms with van der Waals surface area (Å²) in [7, 11) is 0. The van der Waals surface area contributed by atoms with E-state index in [0.717, 1.165) is 77.0 Å². The maximum atomic E-state index is 13.4. The van der Waals surface area contributed by atoms with Crippen LogP contribution in [0.2, 0.25) is 0 Å². The number of rotatable bonds is 52. The van der Waals surface area contributed by atoms with Crippen LogP contribution in [0.15, 0.2) is 85.1 Å². The molecule has 8 unspecified atom stereocenters. The lowest BCUT2D eigenvalue weighted by atomic mass is 9.99. The Morgan fingerprint density at radius 3 is 1.42 bits per heavy atom. The highest BCUT2D eigenvalue weighted by atomic mass is 16.7. The maximum absolute atomic E-state index is 13.4. The van der Waals surface area contributed by atoms with Gasteiger partial charge in [-0.15, -0.1) is 0 Å². The fourth-order valence-corrected chi connectivity index (χ4v) is 9.33. The highest BCUT2D eigenvalue weighted by Gasteiger charge is 2.47. The molecule has 11 nitrogen and oxygen atoms in total. The molecular formula is C66H115NO10. The Bertz CT molecular complexity index is 1570. The monoisotopic (exact) mass is 1080 g/mol. The van der Waals surface area contributed by atoms with E-state index in [1.165, 1.54) is 128 Å². The van der Waals surface area contributed by atoms with E-state index in [0.29, 0.717) is 19.3 Å². The Hall–Kier alpha value is -3.16. The lowest BCUT2D eigenvalue weighted by Gasteiger charge is -2.41. The first kappa shape index (κ1) is 71.9. The van der Waals surface area contributed by atoms with Crippen molar-refractivity contribution in [2.24, 2.45) is 0 Å². The molecule has 8 atom stereocenters. The molecule has 0 spiro atoms. The van der Waals surface area contributed by atoms with Gasteiger partial charge in [0.15, 0.2) is 12.4 Å². The van der Waals surface area contributed by atoms with Crippen LogP contribution in [0.5, 0.6) is 0 Å². The maximum Gasteiger partial charge on any atom is 0.306 e. The Kier molecular flexibility index (Phi) is 49.9. The van der Waals surface area contributed by atoms with Crippen LogP contribution < -0.4 is 5.32 Å². The molecule has 1 aliphatic rings. The second-order valence-electron chi connectivity index (χ2n) is 21.4. The van der Waals surface area contributed by atoms with Crippen molar-refractivity contribution in [1.82, 2.24) is 5.32 Å². The van der Waals surface area contributed by atoms with E-state index >= 15 is 0 Å². The van der Waals surface area contributed by atoms with Gasteiger partial charge in [-0.3, -0.25) is 9.59 Å². The van der Waals surface area contributed by atoms with Crippen LogP contribution in [0.1, 0.15) is 258 Å². The summed E-state index contributed by atoms with van der Waals surface area (Å²) in [5.74, 6) is -1.26. The number of esters is 1. The Morgan fingerprint density at radius 1 is 0.519 bits per heavy atom. The molecule has 0 aromatic heterocycles. The average Bonchev–Trinajstić information content (AvgIpc) is 3.43. The number of aliphatic hydroxyl groups excluding tert-OH is 5. The number of hydrogen-bond acceptors (Lipinski definition) is 10. The minimum atomic E-state index is -1.64. The number of hydrogen-bond donors (Lipinski definition) is 6. The van der Waals surface area contributed by atoms with E-state index in [1.807, 2.05) is 18.2 Å². The fourth-order valence-electron chi connectivity index (χ4n) is 9.33. The average molecular weight is 1080 g/mol. The molecule has 0 aromatic carbocycles. The van der Waals surface area contributed by atoms with Gasteiger partial charge in [0.05, 0.1) is 25.4 Å². The van der Waals surface area contributed by atoms with E-state index in [-0.39, 0.29) is 19.4 Å². The Morgan fingerprint density at radius 2 is 0.935 bits per heavy atom. The fraction of sp³-hybridized carbons (Fsp3) is 0.758. The lowest BCUT2D eigenvalue weighted by Crippen LogP contribution is -2.61. The van der Waals surface area contributed by atoms with E-state index in [4.69, 9.17) is 14.2 Å². The largest absolute Gasteiger partial charge is 0.454 e. The summed E-state index contributed by atoms with van der Waals surface area (Å²) in [6.45, 7) is 5.64. The minimum absolute atomic E-state index is 0.0423. The van der Waals surface area contributed by atoms with Crippen LogP contribution in [0.25, 0.3) is 0 Å². The number of aliphatic hydroxyl groups is 5. The van der Waals surface area contributed by atoms with Gasteiger partial charge in [-0.25, -0.2) is 0 Å². The molecule has 77 heavy (non-hydrogen) atoms. The zero-order valence-corrected chi connectivity index (χ0v) is 49.1. The summed E-state index contributed by atoms with van der Waals surface area (Å²) in [6, 6.07) is -1.04. The van der Waals surface area contributed by atoms with Crippen LogP contribution in [0.3, 0.4) is 0 Å². The molecule has 0 bridgehead atoms. The molecule has 1 amide bonds. The van der Waals surface area contributed by atoms with E-state index in [1.54, 1.807) is 6.08 Å². The standard InChI is InChI=1S/C66H115NO10/c1-4-7-10-13-16-19-22-24-26-28-29-30-32-33-35-38-41-44-47-50-53-59(70)65(74)67-57(58(69)52-49-46-43-40-37-21-18-15-12-9-6-3)56-75-66-64(63(73)62(72)60(55-68)76-66)77-61(71)54-51-48-45-42-39-36-34-31-27-25-23-20-17-14-11-8-5-2/h8,11,17,20,24-27,34,36,42,45,49,52,57-60,62-64,66,68-70,72-73H,4-7,9-10,12-16,18-19,21-23,28-33,35,37-41,43-44,46-48,50-51,53-56H2,1-3H3,(H,67,74)/b11-8-,20-17-,26-24+,27-25-,36-34-,45-42-,52-49+. The summed E-state index contributed by atoms with van der Waals surface area (Å²) in [5.41, 5.74) is 0. The third kappa shape index (κ3) is 41.5. The van der Waals surface area contributed by atoms with Gasteiger partial charge >= 0.3 is 5.97 Å². The first-order valence-corrected chi connectivity index (χ1v) is 31.4. The Balaban J connectivity index is 2.68. The SMILES string of the molecule is CC/C=C\C/C=C\C/C=C\C/C=C\C/C=C\CCCC(=O)OC1C(OCC(NC(=O)C(O)CCCCCCCCCCCC/C=C/CCCCCCCC)C(O)/C=C/CCCCCCCCCCC)OC(CO)C(O)C1O. The van der Waals surface area contributed by atoms with Crippen molar-refractivity contribution in [1.29, 1.82) is 0 Å². The third-order valence-corrected chi connectivity index (χ3v) is 14.3. The smallest absolute Gasteiger partial charge is 0.306 e. The van der Waals surface area contributed by atoms with Crippen molar-refractivity contribution in [2.45, 2.75) is 307 Å². The van der Waals surface area contributed by atoms with Crippen LogP contribution in [0.4, 0.5) is 0 Å². The zero-order valence-electron chi connectivity index (χ0n) is 49.1. The zero-order chi connectivity index (χ0) is 56.1. The van der Waals surface area contributed by atoms with Crippen LogP contribution in [-0.2, 0) is 23.8 Å². The van der Waals surface area contributed by atoms with Gasteiger partial charge in [-0.1, -0.05) is 247 Å². The predicted octanol–water partition coefficient (Wildman–Crippen LogP) is 14.9.